The molecule has 1 amide bonds. The van der Waals surface area contributed by atoms with E-state index in [0.717, 1.165) is 50.2 Å². The van der Waals surface area contributed by atoms with E-state index in [0.29, 0.717) is 44.0 Å². The quantitative estimate of drug-likeness (QED) is 0.318. The molecule has 2 aliphatic heterocycles. The lowest BCUT2D eigenvalue weighted by Gasteiger charge is -2.37. The summed E-state index contributed by atoms with van der Waals surface area (Å²) < 4.78 is 5.76. The van der Waals surface area contributed by atoms with E-state index in [1.807, 2.05) is 41.3 Å². The summed E-state index contributed by atoms with van der Waals surface area (Å²) in [4.78, 5) is 30.6. The number of anilines is 2. The van der Waals surface area contributed by atoms with Gasteiger partial charge in [0.2, 0.25) is 0 Å². The van der Waals surface area contributed by atoms with Crippen molar-refractivity contribution in [2.24, 2.45) is 0 Å². The third kappa shape index (κ3) is 5.61. The van der Waals surface area contributed by atoms with E-state index in [9.17, 15) is 14.9 Å². The summed E-state index contributed by atoms with van der Waals surface area (Å²) in [6.07, 6.45) is 5.35. The standard InChI is InChI=1S/C26H34N4O4/c1-2-3-18-34-23-9-7-8-21(19-23)26(31)29-16-14-27(15-17-29)22-10-11-24(30(32)33)25(20-22)28-12-5-4-6-13-28/h7-11,19-20H,2-6,12-18H2,1H3. The van der Waals surface area contributed by atoms with Crippen LogP contribution in [-0.4, -0.2) is 61.6 Å². The van der Waals surface area contributed by atoms with Gasteiger partial charge in [-0.15, -0.1) is 0 Å². The normalized spacial score (nSPS) is 16.4. The number of piperazine rings is 1. The van der Waals surface area contributed by atoms with E-state index in [2.05, 4.69) is 16.7 Å². The highest BCUT2D eigenvalue weighted by Crippen LogP contribution is 2.34. The highest BCUT2D eigenvalue weighted by molar-refractivity contribution is 5.94. The summed E-state index contributed by atoms with van der Waals surface area (Å²) in [5.74, 6) is 0.743. The van der Waals surface area contributed by atoms with Crippen LogP contribution in [0.25, 0.3) is 0 Å². The van der Waals surface area contributed by atoms with Crippen LogP contribution in [0.2, 0.25) is 0 Å². The zero-order valence-corrected chi connectivity index (χ0v) is 19.9. The maximum absolute atomic E-state index is 13.1. The van der Waals surface area contributed by atoms with Gasteiger partial charge in [0.1, 0.15) is 11.4 Å². The topological polar surface area (TPSA) is 79.2 Å². The molecule has 182 valence electrons. The number of nitro benzene ring substituents is 1. The molecule has 0 N–H and O–H groups in total. The highest BCUT2D eigenvalue weighted by atomic mass is 16.6. The average Bonchev–Trinajstić information content (AvgIpc) is 2.89. The van der Waals surface area contributed by atoms with Gasteiger partial charge in [-0.3, -0.25) is 14.9 Å². The summed E-state index contributed by atoms with van der Waals surface area (Å²) in [7, 11) is 0. The van der Waals surface area contributed by atoms with Gasteiger partial charge in [0.15, 0.2) is 0 Å². The fourth-order valence-electron chi connectivity index (χ4n) is 4.65. The Morgan fingerprint density at radius 1 is 0.971 bits per heavy atom. The lowest BCUT2D eigenvalue weighted by Crippen LogP contribution is -2.48. The van der Waals surface area contributed by atoms with Crippen LogP contribution in [0.15, 0.2) is 42.5 Å². The first-order valence-corrected chi connectivity index (χ1v) is 12.4. The van der Waals surface area contributed by atoms with Gasteiger partial charge in [0.05, 0.1) is 11.5 Å². The molecule has 34 heavy (non-hydrogen) atoms. The summed E-state index contributed by atoms with van der Waals surface area (Å²) >= 11 is 0. The van der Waals surface area contributed by atoms with Crippen LogP contribution in [-0.2, 0) is 0 Å². The van der Waals surface area contributed by atoms with Gasteiger partial charge in [-0.2, -0.15) is 0 Å². The van der Waals surface area contributed by atoms with Gasteiger partial charge in [-0.05, 0) is 56.0 Å². The number of ether oxygens (including phenoxy) is 1. The Morgan fingerprint density at radius 2 is 1.74 bits per heavy atom. The minimum absolute atomic E-state index is 0.0123. The molecular formula is C26H34N4O4. The fraction of sp³-hybridized carbons (Fsp3) is 0.500. The molecule has 8 nitrogen and oxygen atoms in total. The van der Waals surface area contributed by atoms with Crippen molar-refractivity contribution in [1.29, 1.82) is 0 Å². The molecule has 2 fully saturated rings. The lowest BCUT2D eigenvalue weighted by molar-refractivity contribution is -0.384. The van der Waals surface area contributed by atoms with Crippen LogP contribution in [0.3, 0.4) is 0 Å². The second-order valence-electron chi connectivity index (χ2n) is 8.99. The summed E-state index contributed by atoms with van der Waals surface area (Å²) in [5, 5.41) is 11.6. The van der Waals surface area contributed by atoms with Crippen LogP contribution in [0.5, 0.6) is 5.75 Å². The molecule has 0 unspecified atom stereocenters. The van der Waals surface area contributed by atoms with Gasteiger partial charge in [0, 0.05) is 56.6 Å². The molecule has 0 saturated carbocycles. The maximum atomic E-state index is 13.1. The van der Waals surface area contributed by atoms with Crippen molar-refractivity contribution in [2.75, 3.05) is 55.7 Å². The monoisotopic (exact) mass is 466 g/mol. The summed E-state index contributed by atoms with van der Waals surface area (Å²) in [6.45, 7) is 7.08. The van der Waals surface area contributed by atoms with Crippen molar-refractivity contribution in [1.82, 2.24) is 4.90 Å². The molecule has 8 heteroatoms. The predicted octanol–water partition coefficient (Wildman–Crippen LogP) is 4.73. The van der Waals surface area contributed by atoms with Crippen molar-refractivity contribution in [3.05, 3.63) is 58.1 Å². The van der Waals surface area contributed by atoms with Crippen molar-refractivity contribution in [3.8, 4) is 5.75 Å². The number of carbonyl (C=O) groups is 1. The number of unbranched alkanes of at least 4 members (excludes halogenated alkanes) is 1. The smallest absolute Gasteiger partial charge is 0.292 e. The molecule has 0 spiro atoms. The molecule has 0 atom stereocenters. The molecule has 0 radical (unpaired) electrons. The second kappa shape index (κ2) is 11.2. The lowest BCUT2D eigenvalue weighted by atomic mass is 10.1. The number of hydrogen-bond acceptors (Lipinski definition) is 6. The molecular weight excluding hydrogens is 432 g/mol. The van der Waals surface area contributed by atoms with Gasteiger partial charge in [-0.25, -0.2) is 0 Å². The zero-order chi connectivity index (χ0) is 23.9. The van der Waals surface area contributed by atoms with Crippen molar-refractivity contribution < 1.29 is 14.5 Å². The fourth-order valence-corrected chi connectivity index (χ4v) is 4.65. The molecule has 2 saturated heterocycles. The second-order valence-corrected chi connectivity index (χ2v) is 8.99. The van der Waals surface area contributed by atoms with Crippen molar-refractivity contribution in [3.63, 3.8) is 0 Å². The Balaban J connectivity index is 1.41. The number of benzene rings is 2. The van der Waals surface area contributed by atoms with E-state index in [1.165, 1.54) is 6.42 Å². The minimum Gasteiger partial charge on any atom is -0.494 e. The number of nitrogens with zero attached hydrogens (tertiary/aromatic N) is 4. The van der Waals surface area contributed by atoms with Crippen LogP contribution in [0.1, 0.15) is 49.4 Å². The van der Waals surface area contributed by atoms with E-state index in [1.54, 1.807) is 6.07 Å². The molecule has 0 aliphatic carbocycles. The SMILES string of the molecule is CCCCOc1cccc(C(=O)N2CCN(c3ccc([N+](=O)[O-])c(N4CCCCC4)c3)CC2)c1. The Bertz CT molecular complexity index is 998. The molecule has 0 aromatic heterocycles. The predicted molar refractivity (Wildman–Crippen MR) is 134 cm³/mol. The van der Waals surface area contributed by atoms with Crippen molar-refractivity contribution in [2.45, 2.75) is 39.0 Å². The highest BCUT2D eigenvalue weighted by Gasteiger charge is 2.26. The van der Waals surface area contributed by atoms with Crippen LogP contribution >= 0.6 is 0 Å². The molecule has 0 bridgehead atoms. The largest absolute Gasteiger partial charge is 0.494 e. The van der Waals surface area contributed by atoms with Gasteiger partial charge >= 0.3 is 0 Å². The number of carbonyl (C=O) groups excluding carboxylic acids is 1. The summed E-state index contributed by atoms with van der Waals surface area (Å²) in [5.41, 5.74) is 2.50. The van der Waals surface area contributed by atoms with Gasteiger partial charge in [-0.1, -0.05) is 19.4 Å². The van der Waals surface area contributed by atoms with E-state index in [-0.39, 0.29) is 16.5 Å². The van der Waals surface area contributed by atoms with Crippen molar-refractivity contribution >= 4 is 23.0 Å². The van der Waals surface area contributed by atoms with E-state index in [4.69, 9.17) is 4.74 Å². The molecule has 2 aromatic rings. The number of hydrogen-bond donors (Lipinski definition) is 0. The van der Waals surface area contributed by atoms with E-state index < -0.39 is 0 Å². The maximum Gasteiger partial charge on any atom is 0.292 e. The molecule has 4 rings (SSSR count). The zero-order valence-electron chi connectivity index (χ0n) is 19.9. The van der Waals surface area contributed by atoms with Crippen LogP contribution < -0.4 is 14.5 Å². The third-order valence-electron chi connectivity index (χ3n) is 6.63. The van der Waals surface area contributed by atoms with Crippen LogP contribution in [0, 0.1) is 10.1 Å². The molecule has 2 heterocycles. The Labute approximate surface area is 201 Å². The van der Waals surface area contributed by atoms with E-state index >= 15 is 0 Å². The first-order valence-electron chi connectivity index (χ1n) is 12.4. The van der Waals surface area contributed by atoms with Gasteiger partial charge < -0.3 is 19.4 Å². The molecule has 2 aliphatic rings. The minimum atomic E-state index is -0.287. The number of nitro groups is 1. The first-order chi connectivity index (χ1) is 16.6. The number of amides is 1. The summed E-state index contributed by atoms with van der Waals surface area (Å²) in [6, 6.07) is 12.8. The first kappa shape index (κ1) is 23.9. The Morgan fingerprint density at radius 3 is 2.44 bits per heavy atom. The number of rotatable bonds is 8. The third-order valence-corrected chi connectivity index (χ3v) is 6.63. The number of piperidine rings is 1. The Kier molecular flexibility index (Phi) is 7.87. The molecule has 2 aromatic carbocycles. The van der Waals surface area contributed by atoms with Gasteiger partial charge in [0.25, 0.3) is 11.6 Å². The Hall–Kier alpha value is -3.29. The average molecular weight is 467 g/mol. The van der Waals surface area contributed by atoms with Crippen LogP contribution in [0.4, 0.5) is 17.1 Å².